The molecule has 1 aromatic heterocycles. The largest absolute Gasteiger partial charge is 0.506 e. The molecular weight excluding hydrogens is 787 g/mol. The van der Waals surface area contributed by atoms with Crippen LogP contribution in [0.5, 0.6) is 23.1 Å². The van der Waals surface area contributed by atoms with Crippen molar-refractivity contribution in [1.82, 2.24) is 5.16 Å². The SMILES string of the molecule is COc1cc(OCc2ccccc2)c2c(O)c3c(c4c2c1[C@]1(C4)C(C)=CCCC1(C)C)C(=O)[C@H]1Cc2onc(OCc4ccccc4)c2[C@@H](O[Si](C)(C)C(C)(C)C)[C@@]1(O)C3=O. The molecule has 0 saturated carbocycles. The van der Waals surface area contributed by atoms with Crippen molar-refractivity contribution in [1.29, 1.82) is 0 Å². The number of ketones is 2. The smallest absolute Gasteiger partial charge is 0.260 e. The highest BCUT2D eigenvalue weighted by Gasteiger charge is 2.66. The Hall–Kier alpha value is -5.23. The number of benzene rings is 4. The van der Waals surface area contributed by atoms with E-state index in [0.29, 0.717) is 45.6 Å². The monoisotopic (exact) mass is 841 g/mol. The summed E-state index contributed by atoms with van der Waals surface area (Å²) < 4.78 is 32.1. The Labute approximate surface area is 358 Å². The number of hydrogen-bond donors (Lipinski definition) is 2. The van der Waals surface area contributed by atoms with Crippen LogP contribution in [0.15, 0.2) is 82.9 Å². The van der Waals surface area contributed by atoms with Crippen LogP contribution in [0.2, 0.25) is 18.1 Å². The number of aromatic hydroxyl groups is 1. The molecular formula is C50H55NO9Si. The van der Waals surface area contributed by atoms with Gasteiger partial charge in [-0.15, -0.1) is 0 Å². The maximum atomic E-state index is 15.8. The Morgan fingerprint density at radius 1 is 0.918 bits per heavy atom. The third-order valence-corrected chi connectivity index (χ3v) is 19.3. The van der Waals surface area contributed by atoms with Crippen molar-refractivity contribution >= 4 is 30.7 Å². The average molecular weight is 842 g/mol. The molecule has 2 N–H and O–H groups in total. The van der Waals surface area contributed by atoms with Crippen molar-refractivity contribution in [2.24, 2.45) is 11.3 Å². The van der Waals surface area contributed by atoms with Crippen LogP contribution in [0.25, 0.3) is 10.8 Å². The van der Waals surface area contributed by atoms with Gasteiger partial charge in [0.1, 0.15) is 42.3 Å². The highest BCUT2D eigenvalue weighted by atomic mass is 28.4. The zero-order valence-electron chi connectivity index (χ0n) is 36.5. The van der Waals surface area contributed by atoms with Gasteiger partial charge in [0.25, 0.3) is 5.88 Å². The predicted molar refractivity (Wildman–Crippen MR) is 234 cm³/mol. The second kappa shape index (κ2) is 14.2. The number of aliphatic hydroxyl groups is 1. The van der Waals surface area contributed by atoms with E-state index >= 15 is 9.59 Å². The van der Waals surface area contributed by atoms with Crippen LogP contribution in [0.1, 0.15) is 115 Å². The third-order valence-electron chi connectivity index (χ3n) is 14.9. The lowest BCUT2D eigenvalue weighted by Crippen LogP contribution is -2.62. The van der Waals surface area contributed by atoms with Gasteiger partial charge in [0.15, 0.2) is 19.7 Å². The molecule has 1 heterocycles. The fraction of sp³-hybridized carbons (Fsp3) is 0.420. The van der Waals surface area contributed by atoms with Crippen molar-refractivity contribution in [2.45, 2.75) is 116 Å². The number of methoxy groups -OCH3 is 1. The third kappa shape index (κ3) is 5.90. The minimum Gasteiger partial charge on any atom is -0.506 e. The summed E-state index contributed by atoms with van der Waals surface area (Å²) in [6, 6.07) is 21.1. The summed E-state index contributed by atoms with van der Waals surface area (Å²) in [5.41, 5.74) is 1.20. The molecule has 0 aliphatic heterocycles. The molecule has 0 saturated heterocycles. The first-order valence-corrected chi connectivity index (χ1v) is 24.2. The molecule has 11 heteroatoms. The maximum Gasteiger partial charge on any atom is 0.260 e. The Morgan fingerprint density at radius 2 is 1.56 bits per heavy atom. The van der Waals surface area contributed by atoms with Gasteiger partial charge in [-0.2, -0.15) is 0 Å². The summed E-state index contributed by atoms with van der Waals surface area (Å²) in [4.78, 5) is 31.5. The molecule has 0 amide bonds. The van der Waals surface area contributed by atoms with E-state index in [1.807, 2.05) is 73.8 Å². The topological polar surface area (TPSA) is 138 Å². The molecule has 0 fully saturated rings. The van der Waals surface area contributed by atoms with Gasteiger partial charge in [-0.1, -0.05) is 107 Å². The number of ether oxygens (including phenoxy) is 3. The number of nitrogens with zero attached hydrogens (tertiary/aromatic N) is 1. The van der Waals surface area contributed by atoms with Gasteiger partial charge >= 0.3 is 0 Å². The molecule has 4 aromatic carbocycles. The molecule has 1 spiro atoms. The lowest BCUT2D eigenvalue weighted by Gasteiger charge is -2.50. The Balaban J connectivity index is 1.29. The molecule has 9 rings (SSSR count). The average Bonchev–Trinajstić information content (AvgIpc) is 3.80. The molecule has 10 nitrogen and oxygen atoms in total. The lowest BCUT2D eigenvalue weighted by molar-refractivity contribution is -0.0833. The number of aromatic nitrogens is 1. The first kappa shape index (κ1) is 41.1. The fourth-order valence-corrected chi connectivity index (χ4v) is 11.7. The summed E-state index contributed by atoms with van der Waals surface area (Å²) in [7, 11) is -1.21. The Kier molecular flexibility index (Phi) is 9.54. The van der Waals surface area contributed by atoms with E-state index in [4.69, 9.17) is 23.2 Å². The highest BCUT2D eigenvalue weighted by molar-refractivity contribution is 6.74. The van der Waals surface area contributed by atoms with Gasteiger partial charge in [0.2, 0.25) is 5.78 Å². The van der Waals surface area contributed by atoms with Crippen LogP contribution in [0, 0.1) is 11.3 Å². The van der Waals surface area contributed by atoms with E-state index in [1.54, 1.807) is 13.2 Å². The van der Waals surface area contributed by atoms with Gasteiger partial charge in [0, 0.05) is 34.4 Å². The minimum atomic E-state index is -2.84. The van der Waals surface area contributed by atoms with Crippen molar-refractivity contribution in [3.63, 3.8) is 0 Å². The van der Waals surface area contributed by atoms with Crippen LogP contribution in [0.4, 0.5) is 0 Å². The van der Waals surface area contributed by atoms with E-state index in [1.165, 1.54) is 0 Å². The van der Waals surface area contributed by atoms with Gasteiger partial charge in [-0.25, -0.2) is 0 Å². The quantitative estimate of drug-likeness (QED) is 0.109. The van der Waals surface area contributed by atoms with Crippen molar-refractivity contribution in [3.8, 4) is 23.1 Å². The molecule has 61 heavy (non-hydrogen) atoms. The van der Waals surface area contributed by atoms with Crippen LogP contribution in [0.3, 0.4) is 0 Å². The van der Waals surface area contributed by atoms with Crippen LogP contribution >= 0.6 is 0 Å². The van der Waals surface area contributed by atoms with Crippen LogP contribution in [-0.2, 0) is 35.9 Å². The number of phenols is 1. The number of carbonyl (C=O) groups excluding carboxylic acids is 2. The zero-order chi connectivity index (χ0) is 43.4. The number of fused-ring (bicyclic) bond motifs is 5. The van der Waals surface area contributed by atoms with Gasteiger partial charge in [-0.05, 0) is 71.6 Å². The van der Waals surface area contributed by atoms with Gasteiger partial charge in [0.05, 0.1) is 29.5 Å². The molecule has 0 radical (unpaired) electrons. The molecule has 0 bridgehead atoms. The highest BCUT2D eigenvalue weighted by Crippen LogP contribution is 2.66. The second-order valence-electron chi connectivity index (χ2n) is 19.6. The molecule has 5 aromatic rings. The summed E-state index contributed by atoms with van der Waals surface area (Å²) in [6.07, 6.45) is 2.87. The van der Waals surface area contributed by atoms with E-state index in [2.05, 4.69) is 52.8 Å². The Bertz CT molecular complexity index is 2640. The summed E-state index contributed by atoms with van der Waals surface area (Å²) >= 11 is 0. The number of hydrogen-bond acceptors (Lipinski definition) is 10. The van der Waals surface area contributed by atoms with E-state index < -0.39 is 48.7 Å². The number of rotatable bonds is 9. The first-order chi connectivity index (χ1) is 28.9. The van der Waals surface area contributed by atoms with Crippen molar-refractivity contribution in [3.05, 3.63) is 123 Å². The molecule has 4 aliphatic rings. The zero-order valence-corrected chi connectivity index (χ0v) is 37.5. The van der Waals surface area contributed by atoms with E-state index in [-0.39, 0.29) is 47.1 Å². The van der Waals surface area contributed by atoms with Gasteiger partial charge in [-0.3, -0.25) is 9.59 Å². The molecule has 4 aliphatic carbocycles. The standard InChI is InChI=1S/C50H55NO9Si/c1-28-17-16-22-48(5,6)49(28)25-31-36-38(33(24-35(56-7)41(36)49)57-26-29-18-12-10-13-19-29)43(53)40-37(31)42(52)32-23-34-39(46(51-59-34)58-27-30-20-14-11-15-21-30)45(50(32,55)44(40)54)60-61(8,9)47(2,3)4/h10-15,17-21,24,32,45,53,55H,16,22-23,25-27H2,1-9H3/t32-,45-,49+,50+/m1/s1. The van der Waals surface area contributed by atoms with Gasteiger partial charge < -0.3 is 33.4 Å². The number of phenolic OH excluding ortho intramolecular Hbond substituents is 1. The first-order valence-electron chi connectivity index (χ1n) is 21.3. The summed E-state index contributed by atoms with van der Waals surface area (Å²) in [5, 5.41) is 31.2. The maximum absolute atomic E-state index is 15.8. The number of allylic oxidation sites excluding steroid dienone is 2. The van der Waals surface area contributed by atoms with E-state index in [9.17, 15) is 10.2 Å². The molecule has 4 atom stereocenters. The summed E-state index contributed by atoms with van der Waals surface area (Å²) in [6.45, 7) is 17.2. The van der Waals surface area contributed by atoms with Crippen molar-refractivity contribution < 1.29 is 43.0 Å². The minimum absolute atomic E-state index is 0.0823. The van der Waals surface area contributed by atoms with Crippen LogP contribution < -0.4 is 14.2 Å². The number of Topliss-reactive ketones (excluding diaryl/α,β-unsaturated/α-hetero) is 2. The molecule has 318 valence electrons. The molecule has 0 unspecified atom stereocenters. The van der Waals surface area contributed by atoms with Crippen LogP contribution in [-0.4, -0.2) is 48.0 Å². The number of carbonyl (C=O) groups is 2. The summed E-state index contributed by atoms with van der Waals surface area (Å²) in [5.74, 6) is -1.71. The normalized spacial score (nSPS) is 24.0. The van der Waals surface area contributed by atoms with Crippen molar-refractivity contribution in [2.75, 3.05) is 7.11 Å². The Morgan fingerprint density at radius 3 is 2.16 bits per heavy atom. The predicted octanol–water partition coefficient (Wildman–Crippen LogP) is 10.3. The lowest BCUT2D eigenvalue weighted by atomic mass is 9.54. The van der Waals surface area contributed by atoms with E-state index in [0.717, 1.165) is 35.1 Å². The fourth-order valence-electron chi connectivity index (χ4n) is 10.5. The second-order valence-corrected chi connectivity index (χ2v) is 24.3.